The van der Waals surface area contributed by atoms with Gasteiger partial charge in [0.15, 0.2) is 0 Å². The van der Waals surface area contributed by atoms with Crippen molar-refractivity contribution in [3.05, 3.63) is 31.6 Å². The van der Waals surface area contributed by atoms with Gasteiger partial charge in [0.1, 0.15) is 0 Å². The van der Waals surface area contributed by atoms with Gasteiger partial charge in [-0.15, -0.1) is 0 Å². The summed E-state index contributed by atoms with van der Waals surface area (Å²) < 4.78 is 2.13. The number of rotatable bonds is 0. The van der Waals surface area contributed by atoms with Crippen molar-refractivity contribution in [1.29, 1.82) is 0 Å². The van der Waals surface area contributed by atoms with E-state index in [1.165, 1.54) is 0 Å². The minimum Gasteiger partial charge on any atom is -0.617 e. The summed E-state index contributed by atoms with van der Waals surface area (Å²) in [7, 11) is 0. The molecule has 0 spiro atoms. The van der Waals surface area contributed by atoms with Gasteiger partial charge in [0, 0.05) is 31.5 Å². The molecule has 0 fully saturated rings. The molecular formula is C7H6Br2NO. The van der Waals surface area contributed by atoms with Crippen LogP contribution in [0.5, 0.6) is 0 Å². The molecule has 1 aromatic rings. The van der Waals surface area contributed by atoms with Gasteiger partial charge in [-0.1, -0.05) is 0 Å². The highest BCUT2D eigenvalue weighted by molar-refractivity contribution is 9.11. The van der Waals surface area contributed by atoms with E-state index in [2.05, 4.69) is 38.1 Å². The highest BCUT2D eigenvalue weighted by Gasteiger charge is 2.12. The maximum Gasteiger partial charge on any atom is 0.295 e. The van der Waals surface area contributed by atoms with Gasteiger partial charge in [-0.25, -0.2) is 0 Å². The molecule has 1 radical (unpaired) electrons. The molecule has 0 aliphatic heterocycles. The number of hydrogen-bond acceptors (Lipinski definition) is 1. The Labute approximate surface area is 82.1 Å². The number of aromatic nitrogens is 1. The zero-order chi connectivity index (χ0) is 8.59. The van der Waals surface area contributed by atoms with Gasteiger partial charge in [-0.05, 0) is 29.8 Å². The summed E-state index contributed by atoms with van der Waals surface area (Å²) in [6, 6.07) is 0. The molecule has 0 aliphatic rings. The first-order valence-electron chi connectivity index (χ1n) is 3.01. The molecule has 59 valence electrons. The number of pyridine rings is 1. The molecule has 0 aliphatic carbocycles. The summed E-state index contributed by atoms with van der Waals surface area (Å²) in [6.07, 6.45) is 2.61. The fourth-order valence-corrected chi connectivity index (χ4v) is 1.60. The van der Waals surface area contributed by atoms with Gasteiger partial charge >= 0.3 is 0 Å². The topological polar surface area (TPSA) is 26.9 Å². The van der Waals surface area contributed by atoms with E-state index >= 15 is 0 Å². The van der Waals surface area contributed by atoms with Crippen molar-refractivity contribution in [3.63, 3.8) is 0 Å². The largest absolute Gasteiger partial charge is 0.617 e. The van der Waals surface area contributed by atoms with Crippen molar-refractivity contribution >= 4 is 31.9 Å². The highest BCUT2D eigenvalue weighted by atomic mass is 79.9. The van der Waals surface area contributed by atoms with Gasteiger partial charge in [0.2, 0.25) is 0 Å². The second-order valence-corrected chi connectivity index (χ2v) is 3.81. The van der Waals surface area contributed by atoms with Crippen LogP contribution in [-0.4, -0.2) is 0 Å². The zero-order valence-electron chi connectivity index (χ0n) is 6.11. The van der Waals surface area contributed by atoms with Crippen LogP contribution in [0.25, 0.3) is 0 Å². The van der Waals surface area contributed by atoms with Gasteiger partial charge < -0.3 is 5.21 Å². The van der Waals surface area contributed by atoms with E-state index in [0.29, 0.717) is 9.33 Å². The fraction of sp³-hybridized carbons (Fsp3) is 0.286. The maximum absolute atomic E-state index is 11.0. The van der Waals surface area contributed by atoms with E-state index < -0.39 is 0 Å². The van der Waals surface area contributed by atoms with Crippen LogP contribution in [0.1, 0.15) is 11.1 Å². The second kappa shape index (κ2) is 3.11. The van der Waals surface area contributed by atoms with E-state index in [-0.39, 0.29) is 0 Å². The van der Waals surface area contributed by atoms with Crippen molar-refractivity contribution < 1.29 is 4.73 Å². The first kappa shape index (κ1) is 9.00. The predicted octanol–water partition coefficient (Wildman–Crippen LogP) is 2.26. The van der Waals surface area contributed by atoms with Crippen LogP contribution >= 0.6 is 31.9 Å². The third kappa shape index (κ3) is 1.56. The second-order valence-electron chi connectivity index (χ2n) is 2.26. The molecule has 1 aromatic heterocycles. The summed E-state index contributed by atoms with van der Waals surface area (Å²) in [5.74, 6) is 0. The molecule has 4 heteroatoms. The molecule has 2 nitrogen and oxygen atoms in total. The van der Waals surface area contributed by atoms with Crippen LogP contribution in [0.2, 0.25) is 0 Å². The Bertz CT molecular complexity index is 273. The molecule has 0 saturated heterocycles. The third-order valence-electron chi connectivity index (χ3n) is 1.42. The van der Waals surface area contributed by atoms with Gasteiger partial charge in [0.05, 0.1) is 0 Å². The van der Waals surface area contributed by atoms with Crippen molar-refractivity contribution in [3.8, 4) is 0 Å². The lowest BCUT2D eigenvalue weighted by molar-refractivity contribution is -0.622. The Hall–Kier alpha value is -0.0900. The number of aryl methyl sites for hydroxylation is 1. The SMILES string of the molecule is Cc1[c][n+]([O-])c(Br)c(C)c1Br. The molecule has 0 unspecified atom stereocenters. The van der Waals surface area contributed by atoms with E-state index in [4.69, 9.17) is 0 Å². The quantitative estimate of drug-likeness (QED) is 0.407. The van der Waals surface area contributed by atoms with Crippen molar-refractivity contribution in [1.82, 2.24) is 0 Å². The first-order chi connectivity index (χ1) is 5.04. The molecule has 0 bridgehead atoms. The van der Waals surface area contributed by atoms with Crippen molar-refractivity contribution in [2.75, 3.05) is 0 Å². The van der Waals surface area contributed by atoms with E-state index in [9.17, 15) is 5.21 Å². The maximum atomic E-state index is 11.0. The standard InChI is InChI=1S/C7H6Br2NO/c1-4-3-10(11)7(9)5(2)6(4)8/h1-2H3. The number of halogens is 2. The monoisotopic (exact) mass is 278 g/mol. The smallest absolute Gasteiger partial charge is 0.295 e. The minimum atomic E-state index is 0.509. The molecular weight excluding hydrogens is 274 g/mol. The summed E-state index contributed by atoms with van der Waals surface area (Å²) in [6.45, 7) is 3.70. The summed E-state index contributed by atoms with van der Waals surface area (Å²) in [5.41, 5.74) is 1.72. The van der Waals surface area contributed by atoms with E-state index in [1.54, 1.807) is 0 Å². The van der Waals surface area contributed by atoms with Crippen LogP contribution < -0.4 is 4.73 Å². The van der Waals surface area contributed by atoms with E-state index in [1.807, 2.05) is 13.8 Å². The average molecular weight is 280 g/mol. The van der Waals surface area contributed by atoms with E-state index in [0.717, 1.165) is 15.6 Å². The number of nitrogens with zero attached hydrogens (tertiary/aromatic N) is 1. The van der Waals surface area contributed by atoms with Crippen LogP contribution in [0.4, 0.5) is 0 Å². The zero-order valence-corrected chi connectivity index (χ0v) is 9.28. The lowest BCUT2D eigenvalue weighted by Gasteiger charge is -2.04. The lowest BCUT2D eigenvalue weighted by atomic mass is 10.2. The average Bonchev–Trinajstić information content (AvgIpc) is 1.97. The highest BCUT2D eigenvalue weighted by Crippen LogP contribution is 2.23. The van der Waals surface area contributed by atoms with Gasteiger partial charge in [-0.3, -0.25) is 0 Å². The van der Waals surface area contributed by atoms with Crippen molar-refractivity contribution in [2.45, 2.75) is 13.8 Å². The van der Waals surface area contributed by atoms with Crippen LogP contribution in [0.15, 0.2) is 9.08 Å². The molecule has 11 heavy (non-hydrogen) atoms. The molecule has 0 atom stereocenters. The predicted molar refractivity (Wildman–Crippen MR) is 49.1 cm³/mol. The molecule has 0 N–H and O–H groups in total. The normalized spacial score (nSPS) is 10.2. The fourth-order valence-electron chi connectivity index (χ4n) is 0.775. The molecule has 0 aromatic carbocycles. The lowest BCUT2D eigenvalue weighted by Crippen LogP contribution is -2.29. The van der Waals surface area contributed by atoms with Gasteiger partial charge in [-0.2, -0.15) is 4.73 Å². The Morgan fingerprint density at radius 3 is 2.45 bits per heavy atom. The van der Waals surface area contributed by atoms with Crippen LogP contribution in [0, 0.1) is 25.3 Å². The molecule has 1 heterocycles. The Balaban J connectivity index is 3.46. The first-order valence-corrected chi connectivity index (χ1v) is 4.59. The van der Waals surface area contributed by atoms with Crippen LogP contribution in [0.3, 0.4) is 0 Å². The minimum absolute atomic E-state index is 0.509. The summed E-state index contributed by atoms with van der Waals surface area (Å²) >= 11 is 6.50. The number of hydrogen-bond donors (Lipinski definition) is 0. The van der Waals surface area contributed by atoms with Crippen LogP contribution in [-0.2, 0) is 0 Å². The molecule has 1 rings (SSSR count). The Morgan fingerprint density at radius 1 is 1.36 bits per heavy atom. The van der Waals surface area contributed by atoms with Crippen molar-refractivity contribution in [2.24, 2.45) is 0 Å². The summed E-state index contributed by atoms with van der Waals surface area (Å²) in [5, 5.41) is 11.0. The van der Waals surface area contributed by atoms with Gasteiger partial charge in [0.25, 0.3) is 10.8 Å². The molecule has 0 amide bonds. The summed E-state index contributed by atoms with van der Waals surface area (Å²) in [4.78, 5) is 0. The molecule has 0 saturated carbocycles. The Kier molecular flexibility index (Phi) is 2.54. The Morgan fingerprint density at radius 2 is 1.91 bits per heavy atom. The third-order valence-corrected chi connectivity index (χ3v) is 3.52.